The molecule has 0 bridgehead atoms. The van der Waals surface area contributed by atoms with Crippen LogP contribution in [0.4, 0.5) is 4.39 Å². The second kappa shape index (κ2) is 7.99. The molecule has 0 aliphatic carbocycles. The summed E-state index contributed by atoms with van der Waals surface area (Å²) in [5.74, 6) is -0.298. The number of benzene rings is 2. The minimum absolute atomic E-state index is 0.102. The van der Waals surface area contributed by atoms with Gasteiger partial charge in [-0.1, -0.05) is 24.3 Å². The van der Waals surface area contributed by atoms with Gasteiger partial charge in [-0.15, -0.1) is 0 Å². The quantitative estimate of drug-likeness (QED) is 0.808. The topological polar surface area (TPSA) is 67.4 Å². The van der Waals surface area contributed by atoms with Crippen LogP contribution in [0.2, 0.25) is 0 Å². The van der Waals surface area contributed by atoms with Gasteiger partial charge >= 0.3 is 0 Å². The van der Waals surface area contributed by atoms with Crippen molar-refractivity contribution in [1.29, 1.82) is 0 Å². The maximum atomic E-state index is 13.5. The Hall–Kier alpha value is -2.89. The Bertz CT molecular complexity index is 822. The fourth-order valence-corrected chi connectivity index (χ4v) is 2.84. The molecule has 1 aliphatic heterocycles. The number of fused-ring (bicyclic) bond motifs is 1. The van der Waals surface area contributed by atoms with E-state index in [9.17, 15) is 14.0 Å². The van der Waals surface area contributed by atoms with Crippen LogP contribution in [0, 0.1) is 18.7 Å². The Labute approximate surface area is 151 Å². The molecule has 5 nitrogen and oxygen atoms in total. The minimum Gasteiger partial charge on any atom is -0.492 e. The highest BCUT2D eigenvalue weighted by Gasteiger charge is 2.25. The molecule has 6 heteroatoms. The molecule has 1 aliphatic rings. The summed E-state index contributed by atoms with van der Waals surface area (Å²) in [4.78, 5) is 24.2. The normalized spacial score (nSPS) is 15.5. The first kappa shape index (κ1) is 17.9. The van der Waals surface area contributed by atoms with E-state index in [-0.39, 0.29) is 29.8 Å². The SMILES string of the molecule is Cc1ccc(C(=O)NCCNC(=O)C2COc3ccccc3C2)cc1F. The van der Waals surface area contributed by atoms with Crippen molar-refractivity contribution in [3.8, 4) is 5.75 Å². The zero-order valence-electron chi connectivity index (χ0n) is 14.5. The van der Waals surface area contributed by atoms with Gasteiger partial charge in [-0.05, 0) is 42.7 Å². The van der Waals surface area contributed by atoms with Crippen molar-refractivity contribution in [3.63, 3.8) is 0 Å². The van der Waals surface area contributed by atoms with Gasteiger partial charge in [0.2, 0.25) is 5.91 Å². The zero-order valence-corrected chi connectivity index (χ0v) is 14.5. The van der Waals surface area contributed by atoms with Gasteiger partial charge < -0.3 is 15.4 Å². The molecule has 0 saturated heterocycles. The average molecular weight is 356 g/mol. The highest BCUT2D eigenvalue weighted by Crippen LogP contribution is 2.26. The van der Waals surface area contributed by atoms with E-state index in [1.165, 1.54) is 6.07 Å². The lowest BCUT2D eigenvalue weighted by atomic mass is 9.96. The molecule has 0 saturated carbocycles. The number of ether oxygens (including phenoxy) is 1. The Morgan fingerprint density at radius 3 is 2.73 bits per heavy atom. The number of rotatable bonds is 5. The van der Waals surface area contributed by atoms with Crippen LogP contribution in [0.3, 0.4) is 0 Å². The van der Waals surface area contributed by atoms with Gasteiger partial charge in [-0.3, -0.25) is 9.59 Å². The minimum atomic E-state index is -0.413. The van der Waals surface area contributed by atoms with Gasteiger partial charge in [-0.25, -0.2) is 4.39 Å². The summed E-state index contributed by atoms with van der Waals surface area (Å²) < 4.78 is 19.1. The first-order valence-electron chi connectivity index (χ1n) is 8.57. The molecule has 1 unspecified atom stereocenters. The highest BCUT2D eigenvalue weighted by atomic mass is 19.1. The Balaban J connectivity index is 1.43. The van der Waals surface area contributed by atoms with Gasteiger partial charge in [0, 0.05) is 18.7 Å². The lowest BCUT2D eigenvalue weighted by molar-refractivity contribution is -0.126. The Morgan fingerprint density at radius 1 is 1.15 bits per heavy atom. The molecule has 136 valence electrons. The maximum Gasteiger partial charge on any atom is 0.251 e. The van der Waals surface area contributed by atoms with Crippen LogP contribution in [-0.2, 0) is 11.2 Å². The fourth-order valence-electron chi connectivity index (χ4n) is 2.84. The lowest BCUT2D eigenvalue weighted by Crippen LogP contribution is -2.41. The van der Waals surface area contributed by atoms with Crippen LogP contribution >= 0.6 is 0 Å². The van der Waals surface area contributed by atoms with E-state index < -0.39 is 5.82 Å². The summed E-state index contributed by atoms with van der Waals surface area (Å²) >= 11 is 0. The molecular weight excluding hydrogens is 335 g/mol. The van der Waals surface area contributed by atoms with Crippen LogP contribution in [0.1, 0.15) is 21.5 Å². The lowest BCUT2D eigenvalue weighted by Gasteiger charge is -2.24. The Kier molecular flexibility index (Phi) is 5.51. The number of para-hydroxylation sites is 1. The molecule has 1 heterocycles. The molecule has 0 radical (unpaired) electrons. The van der Waals surface area contributed by atoms with E-state index in [0.29, 0.717) is 25.1 Å². The van der Waals surface area contributed by atoms with Crippen molar-refractivity contribution in [2.24, 2.45) is 5.92 Å². The third-order valence-corrected chi connectivity index (χ3v) is 4.39. The van der Waals surface area contributed by atoms with E-state index in [0.717, 1.165) is 11.3 Å². The molecule has 2 N–H and O–H groups in total. The van der Waals surface area contributed by atoms with Gasteiger partial charge in [-0.2, -0.15) is 0 Å². The monoisotopic (exact) mass is 356 g/mol. The van der Waals surface area contributed by atoms with Crippen molar-refractivity contribution in [1.82, 2.24) is 10.6 Å². The van der Waals surface area contributed by atoms with Crippen molar-refractivity contribution >= 4 is 11.8 Å². The van der Waals surface area contributed by atoms with E-state index in [2.05, 4.69) is 10.6 Å². The number of carbonyl (C=O) groups excluding carboxylic acids is 2. The first-order valence-corrected chi connectivity index (χ1v) is 8.57. The summed E-state index contributed by atoms with van der Waals surface area (Å²) in [7, 11) is 0. The number of hydrogen-bond acceptors (Lipinski definition) is 3. The summed E-state index contributed by atoms with van der Waals surface area (Å²) in [6.07, 6.45) is 0.636. The molecule has 0 fully saturated rings. The standard InChI is InChI=1S/C20H21FN2O3/c1-13-6-7-15(11-17(13)21)19(24)22-8-9-23-20(25)16-10-14-4-2-3-5-18(14)26-12-16/h2-7,11,16H,8-10,12H2,1H3,(H,22,24)(H,23,25). The summed E-state index contributed by atoms with van der Waals surface area (Å²) in [5.41, 5.74) is 1.77. The zero-order chi connectivity index (χ0) is 18.5. The van der Waals surface area contributed by atoms with Crippen molar-refractivity contribution in [3.05, 3.63) is 65.0 Å². The van der Waals surface area contributed by atoms with Gasteiger partial charge in [0.1, 0.15) is 18.2 Å². The number of halogens is 1. The van der Waals surface area contributed by atoms with E-state index >= 15 is 0 Å². The first-order chi connectivity index (χ1) is 12.5. The van der Waals surface area contributed by atoms with Crippen LogP contribution < -0.4 is 15.4 Å². The second-order valence-corrected chi connectivity index (χ2v) is 6.33. The number of nitrogens with one attached hydrogen (secondary N) is 2. The van der Waals surface area contributed by atoms with Crippen LogP contribution in [0.5, 0.6) is 5.75 Å². The smallest absolute Gasteiger partial charge is 0.251 e. The number of carbonyl (C=O) groups is 2. The fraction of sp³-hybridized carbons (Fsp3) is 0.300. The van der Waals surface area contributed by atoms with Gasteiger partial charge in [0.15, 0.2) is 0 Å². The number of amides is 2. The van der Waals surface area contributed by atoms with Crippen molar-refractivity contribution < 1.29 is 18.7 Å². The predicted octanol–water partition coefficient (Wildman–Crippen LogP) is 2.23. The van der Waals surface area contributed by atoms with E-state index in [4.69, 9.17) is 4.74 Å². The molecule has 2 aromatic rings. The molecule has 0 aromatic heterocycles. The molecule has 26 heavy (non-hydrogen) atoms. The predicted molar refractivity (Wildman–Crippen MR) is 95.6 cm³/mol. The molecule has 1 atom stereocenters. The number of aryl methyl sites for hydroxylation is 1. The third kappa shape index (κ3) is 4.20. The second-order valence-electron chi connectivity index (χ2n) is 6.33. The van der Waals surface area contributed by atoms with Gasteiger partial charge in [0.05, 0.1) is 5.92 Å². The summed E-state index contributed by atoms with van der Waals surface area (Å²) in [6.45, 7) is 2.55. The van der Waals surface area contributed by atoms with Crippen molar-refractivity contribution in [2.45, 2.75) is 13.3 Å². The van der Waals surface area contributed by atoms with Crippen LogP contribution in [0.25, 0.3) is 0 Å². The summed E-state index contributed by atoms with van der Waals surface area (Å²) in [5, 5.41) is 5.47. The molecule has 3 rings (SSSR count). The Morgan fingerprint density at radius 2 is 1.92 bits per heavy atom. The van der Waals surface area contributed by atoms with Crippen LogP contribution in [-0.4, -0.2) is 31.5 Å². The van der Waals surface area contributed by atoms with Gasteiger partial charge in [0.25, 0.3) is 5.91 Å². The van der Waals surface area contributed by atoms with Crippen LogP contribution in [0.15, 0.2) is 42.5 Å². The molecule has 2 amide bonds. The van der Waals surface area contributed by atoms with E-state index in [1.807, 2.05) is 24.3 Å². The molecular formula is C20H21FN2O3. The number of hydrogen-bond donors (Lipinski definition) is 2. The van der Waals surface area contributed by atoms with E-state index in [1.54, 1.807) is 19.1 Å². The third-order valence-electron chi connectivity index (χ3n) is 4.39. The molecule has 0 spiro atoms. The average Bonchev–Trinajstić information content (AvgIpc) is 2.66. The highest BCUT2D eigenvalue weighted by molar-refractivity contribution is 5.94. The molecule has 2 aromatic carbocycles. The maximum absolute atomic E-state index is 13.5. The van der Waals surface area contributed by atoms with Crippen molar-refractivity contribution in [2.75, 3.05) is 19.7 Å². The largest absolute Gasteiger partial charge is 0.492 e. The summed E-state index contributed by atoms with van der Waals surface area (Å²) in [6, 6.07) is 12.0.